The number of nitrogens with zero attached hydrogens (tertiary/aromatic N) is 6. The van der Waals surface area contributed by atoms with Gasteiger partial charge in [0.2, 0.25) is 12.2 Å². The average molecular weight is 582 g/mol. The quantitative estimate of drug-likeness (QED) is 0.244. The second kappa shape index (κ2) is 11.6. The Hall–Kier alpha value is -5.23. The summed E-state index contributed by atoms with van der Waals surface area (Å²) in [4.78, 5) is 22.8. The van der Waals surface area contributed by atoms with Gasteiger partial charge < -0.3 is 20.1 Å². The molecule has 5 aromatic rings. The van der Waals surface area contributed by atoms with Crippen molar-refractivity contribution in [2.24, 2.45) is 4.99 Å². The van der Waals surface area contributed by atoms with Crippen molar-refractivity contribution < 1.29 is 13.6 Å². The molecular weight excluding hydrogens is 552 g/mol. The van der Waals surface area contributed by atoms with Crippen molar-refractivity contribution in [3.8, 4) is 16.9 Å². The molecule has 1 aliphatic rings. The summed E-state index contributed by atoms with van der Waals surface area (Å²) in [6.45, 7) is 3.73. The molecule has 3 aromatic heterocycles. The van der Waals surface area contributed by atoms with Gasteiger partial charge in [0.15, 0.2) is 5.84 Å². The van der Waals surface area contributed by atoms with Crippen LogP contribution in [-0.4, -0.2) is 61.0 Å². The molecule has 0 saturated heterocycles. The molecule has 6 rings (SSSR count). The Morgan fingerprint density at radius 3 is 2.63 bits per heavy atom. The molecule has 0 aliphatic carbocycles. The topological polar surface area (TPSA) is 116 Å². The monoisotopic (exact) mass is 581 g/mol. The number of pyridine rings is 1. The molecule has 1 aliphatic heterocycles. The molecule has 3 N–H and O–H groups in total. The fraction of sp³-hybridized carbons (Fsp3) is 0.194. The van der Waals surface area contributed by atoms with Crippen LogP contribution < -0.4 is 10.6 Å². The first-order chi connectivity index (χ1) is 20.8. The minimum Gasteiger partial charge on any atom is -0.329 e. The van der Waals surface area contributed by atoms with Crippen molar-refractivity contribution in [2.75, 3.05) is 7.05 Å². The number of halogens is 2. The summed E-state index contributed by atoms with van der Waals surface area (Å²) in [5.74, 6) is -0.804. The highest BCUT2D eigenvalue weighted by atomic mass is 19.1. The average Bonchev–Trinajstić information content (AvgIpc) is 3.67. The van der Waals surface area contributed by atoms with Gasteiger partial charge in [-0.3, -0.25) is 9.78 Å². The highest BCUT2D eigenvalue weighted by molar-refractivity contribution is 6.03. The van der Waals surface area contributed by atoms with E-state index in [4.69, 9.17) is 0 Å². The van der Waals surface area contributed by atoms with Crippen LogP contribution in [0.15, 0.2) is 84.5 Å². The van der Waals surface area contributed by atoms with E-state index in [1.807, 2.05) is 48.0 Å². The van der Waals surface area contributed by atoms with E-state index >= 15 is 4.39 Å². The van der Waals surface area contributed by atoms with Crippen molar-refractivity contribution in [3.63, 3.8) is 0 Å². The number of aromatic amines is 1. The van der Waals surface area contributed by atoms with Crippen molar-refractivity contribution in [1.29, 1.82) is 0 Å². The number of benzene rings is 2. The number of alkyl halides is 1. The summed E-state index contributed by atoms with van der Waals surface area (Å²) in [7, 11) is 1.65. The number of carbonyl (C=O) groups excluding carboxylic acids is 1. The molecule has 2 aromatic carbocycles. The number of hydrogen-bond acceptors (Lipinski definition) is 7. The van der Waals surface area contributed by atoms with Gasteiger partial charge in [0.1, 0.15) is 11.5 Å². The Balaban J connectivity index is 1.35. The number of aromatic nitrogens is 5. The Bertz CT molecular complexity index is 1850. The molecule has 1 amide bonds. The zero-order chi connectivity index (χ0) is 30.1. The largest absolute Gasteiger partial charge is 0.329 e. The van der Waals surface area contributed by atoms with Crippen LogP contribution in [0.1, 0.15) is 23.6 Å². The minimum absolute atomic E-state index is 0.103. The standard InChI is InChI=1S/C31H29F2N9O/c1-18-16-41(27-9-8-23(32)11-25(18)27)24-10-20(12-35-13-24)17-42-28(15-36-30(29(42)33)38-31(43)19(2)34-3)22-6-4-21(5-7-22)26-14-37-40-39-26/h4-16,19,29,34H,17H2,1-3H3,(H,36,38,43)(H,37,39,40)/t19-,29?/m0/s1. The first-order valence-electron chi connectivity index (χ1n) is 13.7. The van der Waals surface area contributed by atoms with Gasteiger partial charge in [-0.2, -0.15) is 15.4 Å². The number of H-pyrrole nitrogens is 1. The predicted octanol–water partition coefficient (Wildman–Crippen LogP) is 4.49. The lowest BCUT2D eigenvalue weighted by atomic mass is 10.1. The molecule has 2 atom stereocenters. The smallest absolute Gasteiger partial charge is 0.242 e. The summed E-state index contributed by atoms with van der Waals surface area (Å²) in [5, 5.41) is 16.8. The van der Waals surface area contributed by atoms with Gasteiger partial charge in [-0.1, -0.05) is 24.3 Å². The van der Waals surface area contributed by atoms with E-state index in [1.54, 1.807) is 44.8 Å². The van der Waals surface area contributed by atoms with Gasteiger partial charge >= 0.3 is 0 Å². The summed E-state index contributed by atoms with van der Waals surface area (Å²) in [6.07, 6.45) is 6.73. The maximum Gasteiger partial charge on any atom is 0.242 e. The molecule has 4 heterocycles. The zero-order valence-corrected chi connectivity index (χ0v) is 23.7. The highest BCUT2D eigenvalue weighted by Crippen LogP contribution is 2.31. The molecule has 0 bridgehead atoms. The number of rotatable bonds is 7. The second-order valence-electron chi connectivity index (χ2n) is 10.3. The van der Waals surface area contributed by atoms with E-state index < -0.39 is 18.2 Å². The van der Waals surface area contributed by atoms with E-state index in [-0.39, 0.29) is 18.2 Å². The molecule has 10 nitrogen and oxygen atoms in total. The van der Waals surface area contributed by atoms with Crippen molar-refractivity contribution >= 4 is 28.3 Å². The Morgan fingerprint density at radius 2 is 1.88 bits per heavy atom. The SMILES string of the molecule is CN[C@@H](C)C(=O)NC1=NC=C(c2ccc(-c3cn[nH]n3)cc2)N(Cc2cncc(-n3cc(C)c4cc(F)ccc43)c2)C1F. The number of amides is 1. The first kappa shape index (κ1) is 27.9. The third kappa shape index (κ3) is 5.52. The Kier molecular flexibility index (Phi) is 7.51. The second-order valence-corrected chi connectivity index (χ2v) is 10.3. The number of aliphatic imine (C=N–C) groups is 1. The van der Waals surface area contributed by atoms with Gasteiger partial charge in [-0.05, 0) is 61.9 Å². The summed E-state index contributed by atoms with van der Waals surface area (Å²) in [5.41, 5.74) is 6.03. The van der Waals surface area contributed by atoms with Gasteiger partial charge in [-0.15, -0.1) is 0 Å². The number of nitrogens with one attached hydrogen (secondary N) is 3. The zero-order valence-electron chi connectivity index (χ0n) is 23.7. The van der Waals surface area contributed by atoms with Gasteiger partial charge in [0, 0.05) is 29.9 Å². The molecule has 0 spiro atoms. The van der Waals surface area contributed by atoms with E-state index in [2.05, 4.69) is 36.0 Å². The fourth-order valence-electron chi connectivity index (χ4n) is 5.02. The Labute approximate surface area is 246 Å². The van der Waals surface area contributed by atoms with Gasteiger partial charge in [-0.25, -0.2) is 13.8 Å². The molecule has 43 heavy (non-hydrogen) atoms. The number of amidine groups is 1. The van der Waals surface area contributed by atoms with Crippen molar-refractivity contribution in [1.82, 2.24) is 40.5 Å². The lowest BCUT2D eigenvalue weighted by molar-refractivity contribution is -0.121. The number of aryl methyl sites for hydroxylation is 1. The molecule has 0 radical (unpaired) electrons. The van der Waals surface area contributed by atoms with Crippen LogP contribution in [-0.2, 0) is 11.3 Å². The maximum absolute atomic E-state index is 16.3. The molecule has 218 valence electrons. The summed E-state index contributed by atoms with van der Waals surface area (Å²) in [6, 6.07) is 13.5. The molecule has 12 heteroatoms. The number of carbonyl (C=O) groups is 1. The molecule has 1 unspecified atom stereocenters. The van der Waals surface area contributed by atoms with Crippen LogP contribution in [0.2, 0.25) is 0 Å². The van der Waals surface area contributed by atoms with E-state index in [0.717, 1.165) is 38.8 Å². The number of hydrogen-bond donors (Lipinski definition) is 3. The van der Waals surface area contributed by atoms with Gasteiger partial charge in [0.05, 0.1) is 41.5 Å². The number of fused-ring (bicyclic) bond motifs is 1. The predicted molar refractivity (Wildman–Crippen MR) is 160 cm³/mol. The highest BCUT2D eigenvalue weighted by Gasteiger charge is 2.31. The maximum atomic E-state index is 16.3. The fourth-order valence-corrected chi connectivity index (χ4v) is 5.02. The van der Waals surface area contributed by atoms with Crippen LogP contribution in [0.3, 0.4) is 0 Å². The normalized spacial score (nSPS) is 15.7. The van der Waals surface area contributed by atoms with Crippen LogP contribution in [0, 0.1) is 12.7 Å². The lowest BCUT2D eigenvalue weighted by Crippen LogP contribution is -2.50. The van der Waals surface area contributed by atoms with E-state index in [1.165, 1.54) is 17.0 Å². The molecule has 0 saturated carbocycles. The summed E-state index contributed by atoms with van der Waals surface area (Å²) >= 11 is 0. The van der Waals surface area contributed by atoms with Crippen molar-refractivity contribution in [3.05, 3.63) is 102 Å². The van der Waals surface area contributed by atoms with Gasteiger partial charge in [0.25, 0.3) is 0 Å². The number of likely N-dealkylation sites (N-methyl/N-ethyl adjacent to an activating group) is 1. The van der Waals surface area contributed by atoms with Crippen LogP contribution >= 0.6 is 0 Å². The van der Waals surface area contributed by atoms with E-state index in [0.29, 0.717) is 11.4 Å². The molecule has 0 fully saturated rings. The molecular formula is C31H29F2N9O. The first-order valence-corrected chi connectivity index (χ1v) is 13.7. The minimum atomic E-state index is -1.75. The van der Waals surface area contributed by atoms with E-state index in [9.17, 15) is 9.18 Å². The summed E-state index contributed by atoms with van der Waals surface area (Å²) < 4.78 is 32.1. The Morgan fingerprint density at radius 1 is 1.09 bits per heavy atom. The van der Waals surface area contributed by atoms with Crippen LogP contribution in [0.25, 0.3) is 33.5 Å². The lowest BCUT2D eigenvalue weighted by Gasteiger charge is -2.34. The third-order valence-corrected chi connectivity index (χ3v) is 7.48. The third-order valence-electron chi connectivity index (χ3n) is 7.48. The van der Waals surface area contributed by atoms with Crippen LogP contribution in [0.5, 0.6) is 0 Å². The van der Waals surface area contributed by atoms with Crippen LogP contribution in [0.4, 0.5) is 8.78 Å². The van der Waals surface area contributed by atoms with Crippen molar-refractivity contribution in [2.45, 2.75) is 32.7 Å².